The maximum Gasteiger partial charge on any atom is 0.434 e. The minimum Gasteiger partial charge on any atom is -0.330 e. The molecule has 108 valence electrons. The highest BCUT2D eigenvalue weighted by Gasteiger charge is 2.37. The smallest absolute Gasteiger partial charge is 0.330 e. The van der Waals surface area contributed by atoms with Gasteiger partial charge in [0.1, 0.15) is 0 Å². The Hall–Kier alpha value is -0.660. The molecule has 2 rings (SSSR count). The molecule has 19 heavy (non-hydrogen) atoms. The number of hydrogen-bond acceptors (Lipinski definition) is 4. The Morgan fingerprint density at radius 2 is 2.21 bits per heavy atom. The summed E-state index contributed by atoms with van der Waals surface area (Å²) < 4.78 is 38.6. The van der Waals surface area contributed by atoms with Crippen molar-refractivity contribution in [2.45, 2.75) is 32.5 Å². The number of thiazole rings is 1. The maximum absolute atomic E-state index is 12.9. The van der Waals surface area contributed by atoms with Crippen LogP contribution < -0.4 is 5.73 Å². The van der Waals surface area contributed by atoms with Gasteiger partial charge in [-0.1, -0.05) is 0 Å². The molecule has 0 spiro atoms. The zero-order chi connectivity index (χ0) is 14.0. The maximum atomic E-state index is 12.9. The van der Waals surface area contributed by atoms with Gasteiger partial charge in [0.15, 0.2) is 5.69 Å². The van der Waals surface area contributed by atoms with Crippen molar-refractivity contribution in [1.29, 1.82) is 0 Å². The van der Waals surface area contributed by atoms with E-state index in [0.29, 0.717) is 28.9 Å². The predicted octanol–water partition coefficient (Wildman–Crippen LogP) is 2.64. The van der Waals surface area contributed by atoms with Crippen LogP contribution in [-0.2, 0) is 12.7 Å². The third-order valence-corrected chi connectivity index (χ3v) is 4.33. The Bertz CT molecular complexity index is 430. The second kappa shape index (κ2) is 5.76. The molecule has 0 amide bonds. The second-order valence-electron chi connectivity index (χ2n) is 4.98. The lowest BCUT2D eigenvalue weighted by Crippen LogP contribution is -2.38. The topological polar surface area (TPSA) is 42.2 Å². The summed E-state index contributed by atoms with van der Waals surface area (Å²) in [5.74, 6) is 0.400. The summed E-state index contributed by atoms with van der Waals surface area (Å²) in [6.45, 7) is 4.17. The third kappa shape index (κ3) is 3.67. The average Bonchev–Trinajstić information content (AvgIpc) is 2.70. The monoisotopic (exact) mass is 293 g/mol. The molecule has 1 unspecified atom stereocenters. The van der Waals surface area contributed by atoms with Crippen LogP contribution in [0.2, 0.25) is 0 Å². The summed E-state index contributed by atoms with van der Waals surface area (Å²) in [7, 11) is 0. The summed E-state index contributed by atoms with van der Waals surface area (Å²) >= 11 is 1.14. The number of aryl methyl sites for hydroxylation is 1. The van der Waals surface area contributed by atoms with Crippen LogP contribution in [-0.4, -0.2) is 29.5 Å². The molecule has 1 aliphatic rings. The van der Waals surface area contributed by atoms with Crippen molar-refractivity contribution >= 4 is 11.3 Å². The molecule has 3 nitrogen and oxygen atoms in total. The molecule has 1 aliphatic heterocycles. The molecule has 0 bridgehead atoms. The van der Waals surface area contributed by atoms with Crippen molar-refractivity contribution in [3.8, 4) is 0 Å². The molecular weight excluding hydrogens is 275 g/mol. The van der Waals surface area contributed by atoms with E-state index in [4.69, 9.17) is 5.73 Å². The number of nitrogens with two attached hydrogens (primary N) is 1. The predicted molar refractivity (Wildman–Crippen MR) is 68.9 cm³/mol. The lowest BCUT2D eigenvalue weighted by Gasteiger charge is -2.31. The Labute approximate surface area is 114 Å². The Kier molecular flexibility index (Phi) is 4.47. The number of alkyl halides is 3. The second-order valence-corrected chi connectivity index (χ2v) is 6.27. The van der Waals surface area contributed by atoms with Gasteiger partial charge in [-0.3, -0.25) is 4.90 Å². The van der Waals surface area contributed by atoms with Crippen LogP contribution in [0.25, 0.3) is 0 Å². The molecule has 0 aromatic carbocycles. The minimum atomic E-state index is -4.36. The molecule has 1 saturated heterocycles. The molecule has 0 radical (unpaired) electrons. The molecule has 1 fully saturated rings. The molecule has 1 aromatic heterocycles. The molecule has 1 atom stereocenters. The van der Waals surface area contributed by atoms with Gasteiger partial charge in [0.05, 0.1) is 9.88 Å². The van der Waals surface area contributed by atoms with E-state index in [1.54, 1.807) is 6.92 Å². The highest BCUT2D eigenvalue weighted by Crippen LogP contribution is 2.35. The Balaban J connectivity index is 2.10. The zero-order valence-electron chi connectivity index (χ0n) is 10.8. The fraction of sp³-hybridized carbons (Fsp3) is 0.750. The molecule has 0 saturated carbocycles. The van der Waals surface area contributed by atoms with E-state index in [1.807, 2.05) is 0 Å². The van der Waals surface area contributed by atoms with E-state index in [2.05, 4.69) is 9.88 Å². The van der Waals surface area contributed by atoms with Gasteiger partial charge < -0.3 is 5.73 Å². The highest BCUT2D eigenvalue weighted by atomic mass is 32.1. The summed E-state index contributed by atoms with van der Waals surface area (Å²) in [4.78, 5) is 6.01. The first-order valence-electron chi connectivity index (χ1n) is 6.36. The van der Waals surface area contributed by atoms with Crippen molar-refractivity contribution in [2.75, 3.05) is 19.6 Å². The largest absolute Gasteiger partial charge is 0.434 e. The first kappa shape index (κ1) is 14.7. The number of rotatable bonds is 3. The van der Waals surface area contributed by atoms with Gasteiger partial charge in [0.25, 0.3) is 0 Å². The molecular formula is C12H18F3N3S. The summed E-state index contributed by atoms with van der Waals surface area (Å²) in [6, 6.07) is 0. The van der Waals surface area contributed by atoms with Gasteiger partial charge in [0, 0.05) is 13.1 Å². The molecule has 0 aliphatic carbocycles. The van der Waals surface area contributed by atoms with E-state index in [1.165, 1.54) is 0 Å². The first-order chi connectivity index (χ1) is 8.90. The third-order valence-electron chi connectivity index (χ3n) is 3.38. The van der Waals surface area contributed by atoms with Crippen molar-refractivity contribution in [3.05, 3.63) is 15.6 Å². The number of halogens is 3. The number of hydrogen-bond donors (Lipinski definition) is 1. The number of likely N-dealkylation sites (tertiary alicyclic amines) is 1. The lowest BCUT2D eigenvalue weighted by atomic mass is 9.98. The van der Waals surface area contributed by atoms with Crippen LogP contribution in [0.3, 0.4) is 0 Å². The van der Waals surface area contributed by atoms with Crippen LogP contribution in [0.4, 0.5) is 13.2 Å². The number of aromatic nitrogens is 1. The number of piperidine rings is 1. The van der Waals surface area contributed by atoms with E-state index >= 15 is 0 Å². The normalized spacial score (nSPS) is 21.8. The summed E-state index contributed by atoms with van der Waals surface area (Å²) in [5.41, 5.74) is 4.93. The van der Waals surface area contributed by atoms with E-state index in [0.717, 1.165) is 37.3 Å². The Morgan fingerprint density at radius 1 is 1.47 bits per heavy atom. The first-order valence-corrected chi connectivity index (χ1v) is 7.17. The van der Waals surface area contributed by atoms with Gasteiger partial charge >= 0.3 is 6.18 Å². The van der Waals surface area contributed by atoms with Crippen LogP contribution in [0.5, 0.6) is 0 Å². The van der Waals surface area contributed by atoms with Crippen LogP contribution in [0.15, 0.2) is 0 Å². The van der Waals surface area contributed by atoms with Crippen molar-refractivity contribution in [1.82, 2.24) is 9.88 Å². The standard InChI is InChI=1S/C12H18F3N3S/c1-8-17-11(12(13,14)15)10(19-8)7-18-4-2-3-9(5-16)6-18/h9H,2-7,16H2,1H3. The van der Waals surface area contributed by atoms with Gasteiger partial charge in [0.2, 0.25) is 0 Å². The van der Waals surface area contributed by atoms with Gasteiger partial charge in [-0.25, -0.2) is 4.98 Å². The van der Waals surface area contributed by atoms with Gasteiger partial charge in [-0.05, 0) is 38.8 Å². The van der Waals surface area contributed by atoms with Crippen LogP contribution in [0, 0.1) is 12.8 Å². The zero-order valence-corrected chi connectivity index (χ0v) is 11.7. The van der Waals surface area contributed by atoms with Gasteiger partial charge in [-0.15, -0.1) is 11.3 Å². The SMILES string of the molecule is Cc1nc(C(F)(F)F)c(CN2CCCC(CN)C2)s1. The van der Waals surface area contributed by atoms with E-state index in [-0.39, 0.29) is 0 Å². The molecule has 1 aromatic rings. The number of nitrogens with zero attached hydrogens (tertiary/aromatic N) is 2. The molecule has 2 N–H and O–H groups in total. The minimum absolute atomic E-state index is 0.322. The van der Waals surface area contributed by atoms with Crippen LogP contribution >= 0.6 is 11.3 Å². The highest BCUT2D eigenvalue weighted by molar-refractivity contribution is 7.11. The molecule has 7 heteroatoms. The Morgan fingerprint density at radius 3 is 2.84 bits per heavy atom. The van der Waals surface area contributed by atoms with Crippen molar-refractivity contribution < 1.29 is 13.2 Å². The van der Waals surface area contributed by atoms with Crippen molar-refractivity contribution in [2.24, 2.45) is 11.7 Å². The van der Waals surface area contributed by atoms with Crippen LogP contribution in [0.1, 0.15) is 28.4 Å². The average molecular weight is 293 g/mol. The summed E-state index contributed by atoms with van der Waals surface area (Å²) in [6.07, 6.45) is -2.29. The van der Waals surface area contributed by atoms with Gasteiger partial charge in [-0.2, -0.15) is 13.2 Å². The lowest BCUT2D eigenvalue weighted by molar-refractivity contribution is -0.141. The van der Waals surface area contributed by atoms with Crippen molar-refractivity contribution in [3.63, 3.8) is 0 Å². The van der Waals surface area contributed by atoms with E-state index < -0.39 is 11.9 Å². The quantitative estimate of drug-likeness (QED) is 0.931. The molecule has 2 heterocycles. The fourth-order valence-electron chi connectivity index (χ4n) is 2.49. The fourth-order valence-corrected chi connectivity index (χ4v) is 3.49. The van der Waals surface area contributed by atoms with E-state index in [9.17, 15) is 13.2 Å². The summed E-state index contributed by atoms with van der Waals surface area (Å²) in [5, 5.41) is 0.467.